The predicted molar refractivity (Wildman–Crippen MR) is 217 cm³/mol. The average Bonchev–Trinajstić information content (AvgIpc) is 4.03. The zero-order chi connectivity index (χ0) is 37.4. The van der Waals surface area contributed by atoms with E-state index in [2.05, 4.69) is 25.6 Å². The summed E-state index contributed by atoms with van der Waals surface area (Å²) >= 11 is 0. The summed E-state index contributed by atoms with van der Waals surface area (Å²) < 4.78 is 49.6. The molecule has 5 heterocycles. The van der Waals surface area contributed by atoms with E-state index >= 15 is 8.78 Å². The number of aromatic amines is 2. The lowest BCUT2D eigenvalue weighted by Gasteiger charge is -2.30. The molecule has 17 heteroatoms. The van der Waals surface area contributed by atoms with Gasteiger partial charge in [-0.15, -0.1) is 37.2 Å². The van der Waals surface area contributed by atoms with Gasteiger partial charge in [0.15, 0.2) is 5.79 Å². The normalized spacial score (nSPS) is 20.4. The van der Waals surface area contributed by atoms with Gasteiger partial charge in [0.2, 0.25) is 5.91 Å². The molecule has 2 aromatic heterocycles. The van der Waals surface area contributed by atoms with Crippen LogP contribution in [-0.2, 0) is 24.9 Å². The van der Waals surface area contributed by atoms with E-state index in [1.54, 1.807) is 35.4 Å². The van der Waals surface area contributed by atoms with Crippen LogP contribution in [0.15, 0.2) is 60.8 Å². The molecule has 5 aromatic rings. The number of ether oxygens (including phenoxy) is 3. The van der Waals surface area contributed by atoms with Gasteiger partial charge in [-0.25, -0.2) is 14.8 Å². The van der Waals surface area contributed by atoms with Gasteiger partial charge in [0.25, 0.3) is 5.92 Å². The number of nitrogens with zero attached hydrogens (tertiary/aromatic N) is 3. The highest BCUT2D eigenvalue weighted by Gasteiger charge is 2.53. The zero-order valence-corrected chi connectivity index (χ0v) is 33.8. The van der Waals surface area contributed by atoms with Gasteiger partial charge >= 0.3 is 6.09 Å². The zero-order valence-electron chi connectivity index (χ0n) is 31.4. The number of nitrogens with one attached hydrogen (secondary N) is 4. The third-order valence-electron chi connectivity index (χ3n) is 11.2. The molecule has 3 aliphatic heterocycles. The smallest absolute Gasteiger partial charge is 0.407 e. The quantitative estimate of drug-likeness (QED) is 0.130. The summed E-state index contributed by atoms with van der Waals surface area (Å²) in [5, 5.41) is 6.11. The Morgan fingerprint density at radius 3 is 2.26 bits per heavy atom. The van der Waals surface area contributed by atoms with Gasteiger partial charge in [-0.05, 0) is 71.8 Å². The molecule has 0 bridgehead atoms. The van der Waals surface area contributed by atoms with Crippen molar-refractivity contribution in [3.63, 3.8) is 0 Å². The molecule has 3 saturated heterocycles. The molecular weight excluding hydrogens is 803 g/mol. The van der Waals surface area contributed by atoms with E-state index in [0.29, 0.717) is 53.4 Å². The molecule has 12 nitrogen and oxygen atoms in total. The van der Waals surface area contributed by atoms with E-state index < -0.39 is 29.9 Å². The number of hydrogen-bond donors (Lipinski definition) is 4. The van der Waals surface area contributed by atoms with Crippen molar-refractivity contribution in [2.75, 3.05) is 33.4 Å². The summed E-state index contributed by atoms with van der Waals surface area (Å²) in [7, 11) is 1.24. The van der Waals surface area contributed by atoms with Crippen LogP contribution in [0.25, 0.3) is 44.5 Å². The van der Waals surface area contributed by atoms with Crippen LogP contribution in [-0.4, -0.2) is 82.1 Å². The summed E-state index contributed by atoms with van der Waals surface area (Å²) in [5.74, 6) is -3.48. The van der Waals surface area contributed by atoms with E-state index in [0.717, 1.165) is 41.8 Å². The minimum Gasteiger partial charge on any atom is -0.453 e. The fourth-order valence-corrected chi connectivity index (χ4v) is 8.41. The summed E-state index contributed by atoms with van der Waals surface area (Å²) in [6.45, 7) is 5.54. The highest BCUT2D eigenvalue weighted by molar-refractivity contribution is 5.88. The van der Waals surface area contributed by atoms with Crippen molar-refractivity contribution in [1.82, 2.24) is 35.5 Å². The summed E-state index contributed by atoms with van der Waals surface area (Å²) in [5.41, 5.74) is 5.14. The monoisotopic (exact) mass is 845 g/mol. The first-order valence-corrected chi connectivity index (χ1v) is 18.4. The molecule has 1 spiro atoms. The first-order valence-electron chi connectivity index (χ1n) is 18.4. The van der Waals surface area contributed by atoms with E-state index in [-0.39, 0.29) is 72.8 Å². The highest BCUT2D eigenvalue weighted by Crippen LogP contribution is 2.53. The molecule has 3 aromatic carbocycles. The number of alkyl halides is 2. The van der Waals surface area contributed by atoms with Crippen LogP contribution in [0.1, 0.15) is 68.0 Å². The molecule has 0 unspecified atom stereocenters. The third kappa shape index (κ3) is 7.36. The number of aromatic nitrogens is 4. The molecule has 0 saturated carbocycles. The molecule has 3 atom stereocenters. The summed E-state index contributed by atoms with van der Waals surface area (Å²) in [6.07, 6.45) is 3.31. The molecule has 2 amide bonds. The topological polar surface area (TPSA) is 146 Å². The number of imidazole rings is 2. The van der Waals surface area contributed by atoms with Crippen LogP contribution < -0.4 is 10.6 Å². The number of alkyl carbamates (subject to hydrolysis) is 1. The predicted octanol–water partition coefficient (Wildman–Crippen LogP) is 7.83. The number of halogens is 5. The van der Waals surface area contributed by atoms with Gasteiger partial charge in [0.05, 0.1) is 61.9 Å². The Morgan fingerprint density at radius 1 is 0.930 bits per heavy atom. The van der Waals surface area contributed by atoms with Crippen molar-refractivity contribution in [3.8, 4) is 33.5 Å². The maximum atomic E-state index is 16.4. The molecule has 57 heavy (non-hydrogen) atoms. The number of carbonyl (C=O) groups excluding carboxylic acids is 2. The molecule has 4 N–H and O–H groups in total. The molecule has 3 fully saturated rings. The maximum Gasteiger partial charge on any atom is 0.407 e. The summed E-state index contributed by atoms with van der Waals surface area (Å²) in [4.78, 5) is 43.8. The first-order chi connectivity index (χ1) is 26.0. The molecular formula is C40H44Cl3F2N7O5. The second kappa shape index (κ2) is 16.1. The Labute approximate surface area is 346 Å². The SMILES string of the molecule is COC(=O)N[C@H](C(=O)N1CC2(C[C@H]1c1ncc(-c3ccc4c(c3)C(F)(F)c3cc(-c5ccc6nc([C@@H]7CCCN7)[nH]c6c5)ccc3-4)[nH]1)OCCO2)C(C)C.Cl.Cl.Cl. The largest absolute Gasteiger partial charge is 0.453 e. The van der Waals surface area contributed by atoms with E-state index in [1.165, 1.54) is 13.2 Å². The Morgan fingerprint density at radius 2 is 1.60 bits per heavy atom. The number of likely N-dealkylation sites (tertiary alicyclic amines) is 1. The lowest BCUT2D eigenvalue weighted by molar-refractivity contribution is -0.153. The Balaban J connectivity index is 0.00000183. The lowest BCUT2D eigenvalue weighted by atomic mass is 9.98. The number of amides is 2. The minimum absolute atomic E-state index is 0. The van der Waals surface area contributed by atoms with Gasteiger partial charge in [-0.1, -0.05) is 44.2 Å². The van der Waals surface area contributed by atoms with E-state index in [9.17, 15) is 9.59 Å². The van der Waals surface area contributed by atoms with E-state index in [1.807, 2.05) is 38.1 Å². The number of fused-ring (bicyclic) bond motifs is 4. The van der Waals surface area contributed by atoms with Gasteiger partial charge in [0.1, 0.15) is 17.7 Å². The Bertz CT molecular complexity index is 2290. The van der Waals surface area contributed by atoms with Crippen LogP contribution in [0.3, 0.4) is 0 Å². The van der Waals surface area contributed by atoms with Crippen molar-refractivity contribution in [3.05, 3.63) is 83.6 Å². The van der Waals surface area contributed by atoms with Crippen molar-refractivity contribution in [2.45, 2.75) is 62.9 Å². The average molecular weight is 847 g/mol. The number of H-pyrrole nitrogens is 2. The van der Waals surface area contributed by atoms with Gasteiger partial charge in [-0.3, -0.25) is 4.79 Å². The number of rotatable bonds is 7. The molecule has 4 aliphatic rings. The fourth-order valence-electron chi connectivity index (χ4n) is 8.41. The second-order valence-electron chi connectivity index (χ2n) is 14.9. The number of hydrogen-bond acceptors (Lipinski definition) is 8. The van der Waals surface area contributed by atoms with Crippen molar-refractivity contribution in [1.29, 1.82) is 0 Å². The fraction of sp³-hybridized carbons (Fsp3) is 0.400. The van der Waals surface area contributed by atoms with Gasteiger partial charge in [0, 0.05) is 23.1 Å². The van der Waals surface area contributed by atoms with Crippen molar-refractivity contribution < 1.29 is 32.6 Å². The number of methoxy groups -OCH3 is 1. The third-order valence-corrected chi connectivity index (χ3v) is 11.2. The van der Waals surface area contributed by atoms with Crippen molar-refractivity contribution >= 4 is 60.3 Å². The molecule has 9 rings (SSSR count). The standard InChI is InChI=1S/C40H41F2N7O5.3ClH/c1-21(2)34(48-38(51)52-3)37(50)49-20-39(53-13-14-54-39)18-33(49)36-44-19-32(47-36)24-7-10-26-25-9-6-22(15-27(25)40(41,42)28(26)16-24)23-8-11-29-31(17-23)46-35(45-29)30-5-4-12-43-30;;;/h6-11,15-17,19,21,30,33-34,43H,4-5,12-14,18,20H2,1-3H3,(H,44,47)(H,45,46)(H,48,51);3*1H/t30-,33-,34-;;;/m0.../s1. The van der Waals surface area contributed by atoms with Crippen molar-refractivity contribution in [2.24, 2.45) is 5.92 Å². The van der Waals surface area contributed by atoms with Crippen LogP contribution in [0.2, 0.25) is 0 Å². The van der Waals surface area contributed by atoms with Crippen LogP contribution in [0.4, 0.5) is 13.6 Å². The van der Waals surface area contributed by atoms with Crippen LogP contribution >= 0.6 is 37.2 Å². The Kier molecular flexibility index (Phi) is 12.0. The van der Waals surface area contributed by atoms with Crippen LogP contribution in [0, 0.1) is 5.92 Å². The first kappa shape index (κ1) is 42.3. The highest BCUT2D eigenvalue weighted by atomic mass is 35.5. The number of carbonyl (C=O) groups is 2. The second-order valence-corrected chi connectivity index (χ2v) is 14.9. The Hall–Kier alpha value is -4.31. The number of benzene rings is 3. The molecule has 0 radical (unpaired) electrons. The van der Waals surface area contributed by atoms with Crippen LogP contribution in [0.5, 0.6) is 0 Å². The molecule has 1 aliphatic carbocycles. The minimum atomic E-state index is -3.24. The lowest BCUT2D eigenvalue weighted by Crippen LogP contribution is -2.52. The van der Waals surface area contributed by atoms with Gasteiger partial charge in [-0.2, -0.15) is 8.78 Å². The summed E-state index contributed by atoms with van der Waals surface area (Å²) in [6, 6.07) is 14.9. The van der Waals surface area contributed by atoms with E-state index in [4.69, 9.17) is 19.2 Å². The van der Waals surface area contributed by atoms with Gasteiger partial charge < -0.3 is 39.7 Å². The molecule has 304 valence electrons. The maximum absolute atomic E-state index is 16.4.